The molecule has 1 amide bonds. The SMILES string of the molecule is COC(=O)C1=C(C)NC2=C(C(=O)N(C3CCCCCC3)C2)C1c1cccs1. The van der Waals surface area contributed by atoms with Gasteiger partial charge in [-0.1, -0.05) is 31.7 Å². The van der Waals surface area contributed by atoms with Crippen molar-refractivity contribution in [3.05, 3.63) is 44.9 Å². The van der Waals surface area contributed by atoms with Gasteiger partial charge in [-0.15, -0.1) is 11.3 Å². The number of amides is 1. The van der Waals surface area contributed by atoms with E-state index in [1.165, 1.54) is 32.8 Å². The van der Waals surface area contributed by atoms with Gasteiger partial charge in [0.1, 0.15) is 0 Å². The largest absolute Gasteiger partial charge is 0.466 e. The number of hydrogen-bond acceptors (Lipinski definition) is 5. The highest BCUT2D eigenvalue weighted by atomic mass is 32.1. The number of allylic oxidation sites excluding steroid dienone is 1. The van der Waals surface area contributed by atoms with E-state index in [1.807, 2.05) is 29.3 Å². The number of carbonyl (C=O) groups is 2. The second-order valence-corrected chi connectivity index (χ2v) is 8.55. The molecule has 0 saturated heterocycles. The number of carbonyl (C=O) groups excluding carboxylic acids is 2. The minimum absolute atomic E-state index is 0.0803. The minimum Gasteiger partial charge on any atom is -0.466 e. The molecule has 0 spiro atoms. The molecule has 2 aliphatic heterocycles. The van der Waals surface area contributed by atoms with E-state index in [4.69, 9.17) is 4.74 Å². The van der Waals surface area contributed by atoms with Crippen molar-refractivity contribution in [2.24, 2.45) is 0 Å². The smallest absolute Gasteiger partial charge is 0.336 e. The van der Waals surface area contributed by atoms with Crippen molar-refractivity contribution < 1.29 is 14.3 Å². The first-order chi connectivity index (χ1) is 13.1. The number of dihydropyridines is 1. The normalized spacial score (nSPS) is 24.0. The van der Waals surface area contributed by atoms with Crippen molar-refractivity contribution >= 4 is 23.2 Å². The maximum absolute atomic E-state index is 13.5. The lowest BCUT2D eigenvalue weighted by molar-refractivity contribution is -0.136. The van der Waals surface area contributed by atoms with E-state index in [0.717, 1.165) is 34.7 Å². The van der Waals surface area contributed by atoms with Crippen LogP contribution in [0.1, 0.15) is 56.2 Å². The van der Waals surface area contributed by atoms with Gasteiger partial charge in [0.05, 0.1) is 30.7 Å². The van der Waals surface area contributed by atoms with Crippen LogP contribution >= 0.6 is 11.3 Å². The molecule has 1 fully saturated rings. The number of methoxy groups -OCH3 is 1. The van der Waals surface area contributed by atoms with Crippen molar-refractivity contribution in [3.63, 3.8) is 0 Å². The van der Waals surface area contributed by atoms with Crippen molar-refractivity contribution in [2.45, 2.75) is 57.4 Å². The number of thiophene rings is 1. The molecule has 1 unspecified atom stereocenters. The summed E-state index contributed by atoms with van der Waals surface area (Å²) in [6.45, 7) is 2.52. The summed E-state index contributed by atoms with van der Waals surface area (Å²) in [6.07, 6.45) is 7.04. The third-order valence-corrected chi connectivity index (χ3v) is 6.90. The minimum atomic E-state index is -0.370. The molecule has 0 aromatic carbocycles. The second-order valence-electron chi connectivity index (χ2n) is 7.57. The molecule has 6 heteroatoms. The van der Waals surface area contributed by atoms with Gasteiger partial charge in [0.2, 0.25) is 0 Å². The van der Waals surface area contributed by atoms with Gasteiger partial charge >= 0.3 is 5.97 Å². The van der Waals surface area contributed by atoms with Crippen molar-refractivity contribution in [1.29, 1.82) is 0 Å². The average molecular weight is 387 g/mol. The zero-order chi connectivity index (χ0) is 19.0. The van der Waals surface area contributed by atoms with Gasteiger partial charge in [-0.25, -0.2) is 4.79 Å². The molecule has 1 aromatic heterocycles. The van der Waals surface area contributed by atoms with Gasteiger partial charge in [0.25, 0.3) is 5.91 Å². The summed E-state index contributed by atoms with van der Waals surface area (Å²) in [4.78, 5) is 29.1. The summed E-state index contributed by atoms with van der Waals surface area (Å²) in [5.74, 6) is -0.626. The molecule has 4 rings (SSSR count). The fourth-order valence-corrected chi connectivity index (χ4v) is 5.50. The molecule has 0 radical (unpaired) electrons. The Morgan fingerprint density at radius 2 is 2.00 bits per heavy atom. The zero-order valence-electron chi connectivity index (χ0n) is 15.9. The van der Waals surface area contributed by atoms with Crippen molar-refractivity contribution in [1.82, 2.24) is 10.2 Å². The van der Waals surface area contributed by atoms with Gasteiger partial charge in [0, 0.05) is 22.3 Å². The van der Waals surface area contributed by atoms with E-state index < -0.39 is 0 Å². The van der Waals surface area contributed by atoms with Crippen LogP contribution in [-0.2, 0) is 14.3 Å². The van der Waals surface area contributed by atoms with Crippen LogP contribution in [0.3, 0.4) is 0 Å². The van der Waals surface area contributed by atoms with E-state index in [1.54, 1.807) is 11.3 Å². The summed E-state index contributed by atoms with van der Waals surface area (Å²) in [7, 11) is 1.40. The second kappa shape index (κ2) is 7.50. The third kappa shape index (κ3) is 3.20. The molecule has 27 heavy (non-hydrogen) atoms. The number of hydrogen-bond donors (Lipinski definition) is 1. The Bertz CT molecular complexity index is 801. The van der Waals surface area contributed by atoms with Gasteiger partial charge < -0.3 is 15.0 Å². The van der Waals surface area contributed by atoms with Crippen LogP contribution in [0.25, 0.3) is 0 Å². The topological polar surface area (TPSA) is 58.6 Å². The molecule has 5 nitrogen and oxygen atoms in total. The van der Waals surface area contributed by atoms with Gasteiger partial charge in [-0.2, -0.15) is 0 Å². The average Bonchev–Trinajstić information content (AvgIpc) is 3.21. The van der Waals surface area contributed by atoms with Crippen LogP contribution in [0.2, 0.25) is 0 Å². The Morgan fingerprint density at radius 3 is 2.63 bits per heavy atom. The predicted octanol–water partition coefficient (Wildman–Crippen LogP) is 3.70. The zero-order valence-corrected chi connectivity index (χ0v) is 16.7. The first kappa shape index (κ1) is 18.3. The molecule has 1 aromatic rings. The van der Waals surface area contributed by atoms with E-state index in [-0.39, 0.29) is 17.8 Å². The lowest BCUT2D eigenvalue weighted by Crippen LogP contribution is -2.38. The third-order valence-electron chi connectivity index (χ3n) is 5.96. The predicted molar refractivity (Wildman–Crippen MR) is 105 cm³/mol. The maximum atomic E-state index is 13.5. The molecule has 3 heterocycles. The van der Waals surface area contributed by atoms with Gasteiger partial charge in [-0.05, 0) is 31.2 Å². The highest BCUT2D eigenvalue weighted by molar-refractivity contribution is 7.10. The monoisotopic (exact) mass is 386 g/mol. The lowest BCUT2D eigenvalue weighted by atomic mass is 9.84. The summed E-state index contributed by atoms with van der Waals surface area (Å²) >= 11 is 1.58. The van der Waals surface area contributed by atoms with E-state index in [0.29, 0.717) is 18.2 Å². The number of nitrogens with one attached hydrogen (secondary N) is 1. The number of esters is 1. The highest BCUT2D eigenvalue weighted by Gasteiger charge is 2.45. The van der Waals surface area contributed by atoms with Crippen LogP contribution in [0.4, 0.5) is 0 Å². The fourth-order valence-electron chi connectivity index (χ4n) is 4.66. The van der Waals surface area contributed by atoms with Crippen LogP contribution in [0.5, 0.6) is 0 Å². The molecule has 0 bridgehead atoms. The summed E-state index contributed by atoms with van der Waals surface area (Å²) in [5.41, 5.74) is 3.02. The van der Waals surface area contributed by atoms with Crippen molar-refractivity contribution in [3.8, 4) is 0 Å². The van der Waals surface area contributed by atoms with Crippen LogP contribution in [0.15, 0.2) is 40.1 Å². The summed E-state index contributed by atoms with van der Waals surface area (Å²) in [5, 5.41) is 5.34. The molecule has 3 aliphatic rings. The number of rotatable bonds is 3. The standard InChI is InChI=1S/C21H26N2O3S/c1-13-17(21(25)26-2)19(16-10-7-11-27-16)18-15(22-13)12-23(20(18)24)14-8-5-3-4-6-9-14/h7,10-11,14,19,22H,3-6,8-9,12H2,1-2H3. The van der Waals surface area contributed by atoms with E-state index in [9.17, 15) is 9.59 Å². The summed E-state index contributed by atoms with van der Waals surface area (Å²) in [6, 6.07) is 4.27. The molecule has 1 atom stereocenters. The molecule has 1 aliphatic carbocycles. The first-order valence-electron chi connectivity index (χ1n) is 9.75. The molecular weight excluding hydrogens is 360 g/mol. The number of ether oxygens (including phenoxy) is 1. The van der Waals surface area contributed by atoms with Crippen LogP contribution in [-0.4, -0.2) is 36.5 Å². The lowest BCUT2D eigenvalue weighted by Gasteiger charge is -2.28. The molecule has 1 saturated carbocycles. The van der Waals surface area contributed by atoms with E-state index in [2.05, 4.69) is 5.32 Å². The maximum Gasteiger partial charge on any atom is 0.336 e. The highest BCUT2D eigenvalue weighted by Crippen LogP contribution is 2.44. The molecule has 144 valence electrons. The van der Waals surface area contributed by atoms with Crippen LogP contribution in [0, 0.1) is 0 Å². The molecular formula is C21H26N2O3S. The first-order valence-corrected chi connectivity index (χ1v) is 10.6. The molecule has 1 N–H and O–H groups in total. The van der Waals surface area contributed by atoms with E-state index >= 15 is 0 Å². The van der Waals surface area contributed by atoms with Gasteiger partial charge in [-0.3, -0.25) is 4.79 Å². The van der Waals surface area contributed by atoms with Gasteiger partial charge in [0.15, 0.2) is 0 Å². The Labute approximate surface area is 164 Å². The van der Waals surface area contributed by atoms with Crippen LogP contribution < -0.4 is 5.32 Å². The quantitative estimate of drug-likeness (QED) is 0.636. The number of nitrogens with zero attached hydrogens (tertiary/aromatic N) is 1. The Balaban J connectivity index is 1.70. The summed E-state index contributed by atoms with van der Waals surface area (Å²) < 4.78 is 5.05. The Kier molecular flexibility index (Phi) is 5.08. The van der Waals surface area contributed by atoms with Crippen molar-refractivity contribution in [2.75, 3.05) is 13.7 Å². The Morgan fingerprint density at radius 1 is 1.26 bits per heavy atom. The Hall–Kier alpha value is -2.08. The fraction of sp³-hybridized carbons (Fsp3) is 0.524.